The number of benzene rings is 2. The van der Waals surface area contributed by atoms with E-state index in [9.17, 15) is 14.4 Å². The molecular weight excluding hydrogens is 413 g/mol. The summed E-state index contributed by atoms with van der Waals surface area (Å²) in [6.45, 7) is 3.64. The lowest BCUT2D eigenvalue weighted by Gasteiger charge is -2.13. The van der Waals surface area contributed by atoms with Crippen molar-refractivity contribution in [1.29, 1.82) is 5.26 Å². The Bertz CT molecular complexity index is 1340. The first-order chi connectivity index (χ1) is 15.0. The van der Waals surface area contributed by atoms with Crippen LogP contribution in [0.3, 0.4) is 0 Å². The van der Waals surface area contributed by atoms with Crippen LogP contribution in [-0.4, -0.2) is 26.2 Å². The van der Waals surface area contributed by atoms with Gasteiger partial charge in [-0.25, -0.2) is 14.4 Å². The molecule has 0 spiro atoms. The number of thioether (sulfide) groups is 1. The molecule has 0 fully saturated rings. The van der Waals surface area contributed by atoms with E-state index in [4.69, 9.17) is 0 Å². The van der Waals surface area contributed by atoms with Crippen LogP contribution in [0.2, 0.25) is 0 Å². The van der Waals surface area contributed by atoms with Crippen LogP contribution in [0.1, 0.15) is 16.8 Å². The highest BCUT2D eigenvalue weighted by Crippen LogP contribution is 2.31. The summed E-state index contributed by atoms with van der Waals surface area (Å²) in [5.41, 5.74) is 3.18. The predicted octanol–water partition coefficient (Wildman–Crippen LogP) is 4.78. The van der Waals surface area contributed by atoms with Crippen LogP contribution >= 0.6 is 11.8 Å². The van der Waals surface area contributed by atoms with Crippen molar-refractivity contribution in [3.05, 3.63) is 77.5 Å². The Morgan fingerprint density at radius 2 is 2.00 bits per heavy atom. The van der Waals surface area contributed by atoms with E-state index in [1.807, 2.05) is 31.2 Å². The molecule has 1 amide bonds. The van der Waals surface area contributed by atoms with E-state index in [-0.39, 0.29) is 11.7 Å². The number of aromatic nitrogens is 3. The minimum absolute atomic E-state index is 0.0955. The summed E-state index contributed by atoms with van der Waals surface area (Å²) in [5.74, 6) is -0.260. The third-order valence-electron chi connectivity index (χ3n) is 5.00. The molecule has 0 atom stereocenters. The zero-order valence-corrected chi connectivity index (χ0v) is 17.7. The summed E-state index contributed by atoms with van der Waals surface area (Å²) < 4.78 is 15.5. The van der Waals surface area contributed by atoms with Crippen LogP contribution in [0.5, 0.6) is 0 Å². The van der Waals surface area contributed by atoms with Gasteiger partial charge in [0.15, 0.2) is 0 Å². The second kappa shape index (κ2) is 8.58. The van der Waals surface area contributed by atoms with E-state index in [0.29, 0.717) is 22.1 Å². The molecule has 0 aliphatic carbocycles. The highest BCUT2D eigenvalue weighted by Gasteiger charge is 2.21. The number of anilines is 1. The van der Waals surface area contributed by atoms with Gasteiger partial charge in [0, 0.05) is 11.1 Å². The summed E-state index contributed by atoms with van der Waals surface area (Å²) in [6, 6.07) is 15.8. The van der Waals surface area contributed by atoms with Crippen molar-refractivity contribution in [3.63, 3.8) is 0 Å². The van der Waals surface area contributed by atoms with E-state index < -0.39 is 5.82 Å². The van der Waals surface area contributed by atoms with Gasteiger partial charge in [-0.15, -0.1) is 0 Å². The number of hydrogen-bond acceptors (Lipinski definition) is 5. The van der Waals surface area contributed by atoms with Crippen LogP contribution < -0.4 is 5.32 Å². The fourth-order valence-corrected chi connectivity index (χ4v) is 4.19. The highest BCUT2D eigenvalue weighted by atomic mass is 32.2. The first-order valence-electron chi connectivity index (χ1n) is 9.50. The second-order valence-corrected chi connectivity index (χ2v) is 7.86. The lowest BCUT2D eigenvalue weighted by atomic mass is 10.2. The number of fused-ring (bicyclic) bond motifs is 1. The van der Waals surface area contributed by atoms with Gasteiger partial charge >= 0.3 is 0 Å². The number of nitrogens with one attached hydrogen (secondary N) is 1. The van der Waals surface area contributed by atoms with Crippen molar-refractivity contribution in [2.75, 3.05) is 11.1 Å². The number of nitrogens with zero attached hydrogens (tertiary/aromatic N) is 4. The van der Waals surface area contributed by atoms with Crippen molar-refractivity contribution < 1.29 is 9.18 Å². The lowest BCUT2D eigenvalue weighted by Crippen LogP contribution is -2.18. The molecule has 0 saturated carbocycles. The molecule has 2 heterocycles. The van der Waals surface area contributed by atoms with Gasteiger partial charge in [0.2, 0.25) is 5.91 Å². The minimum Gasteiger partial charge on any atom is -0.310 e. The number of amides is 1. The summed E-state index contributed by atoms with van der Waals surface area (Å²) in [6.07, 6.45) is 1.47. The SMILES string of the molecule is Cc1c(C#N)c(NC(=O)CSc2ncnc3ccccc23)n(-c2cccc(F)c2)c1C. The van der Waals surface area contributed by atoms with Crippen LogP contribution in [0.4, 0.5) is 10.2 Å². The smallest absolute Gasteiger partial charge is 0.235 e. The van der Waals surface area contributed by atoms with Gasteiger partial charge in [0.1, 0.15) is 29.1 Å². The number of halogens is 1. The molecule has 2 aromatic heterocycles. The number of carbonyl (C=O) groups excluding carboxylic acids is 1. The maximum Gasteiger partial charge on any atom is 0.235 e. The third kappa shape index (κ3) is 4.00. The summed E-state index contributed by atoms with van der Waals surface area (Å²) in [7, 11) is 0. The molecule has 8 heteroatoms. The Morgan fingerprint density at radius 1 is 1.19 bits per heavy atom. The summed E-state index contributed by atoms with van der Waals surface area (Å²) in [4.78, 5) is 21.3. The first-order valence-corrected chi connectivity index (χ1v) is 10.5. The molecule has 4 rings (SSSR count). The van der Waals surface area contributed by atoms with E-state index in [2.05, 4.69) is 21.4 Å². The molecule has 31 heavy (non-hydrogen) atoms. The number of nitriles is 1. The van der Waals surface area contributed by atoms with E-state index >= 15 is 0 Å². The molecular formula is C23H18FN5OS. The maximum atomic E-state index is 13.8. The topological polar surface area (TPSA) is 83.6 Å². The summed E-state index contributed by atoms with van der Waals surface area (Å²) in [5, 5.41) is 14.1. The number of para-hydroxylation sites is 1. The minimum atomic E-state index is -0.398. The molecule has 1 N–H and O–H groups in total. The van der Waals surface area contributed by atoms with Gasteiger partial charge in [-0.3, -0.25) is 9.36 Å². The Morgan fingerprint density at radius 3 is 2.77 bits per heavy atom. The molecule has 2 aromatic carbocycles. The fourth-order valence-electron chi connectivity index (χ4n) is 3.40. The van der Waals surface area contributed by atoms with Crippen LogP contribution in [0.25, 0.3) is 16.6 Å². The molecule has 0 bridgehead atoms. The Hall–Kier alpha value is -3.70. The van der Waals surface area contributed by atoms with Gasteiger partial charge < -0.3 is 5.32 Å². The summed E-state index contributed by atoms with van der Waals surface area (Å²) >= 11 is 1.29. The van der Waals surface area contributed by atoms with Crippen molar-refractivity contribution >= 4 is 34.4 Å². The number of hydrogen-bond donors (Lipinski definition) is 1. The van der Waals surface area contributed by atoms with Crippen molar-refractivity contribution in [2.45, 2.75) is 18.9 Å². The van der Waals surface area contributed by atoms with Crippen LogP contribution in [0.15, 0.2) is 59.9 Å². The van der Waals surface area contributed by atoms with Crippen molar-refractivity contribution in [3.8, 4) is 11.8 Å². The zero-order valence-electron chi connectivity index (χ0n) is 16.9. The lowest BCUT2D eigenvalue weighted by molar-refractivity contribution is -0.113. The quantitative estimate of drug-likeness (QED) is 0.363. The average molecular weight is 431 g/mol. The number of carbonyl (C=O) groups is 1. The molecule has 0 unspecified atom stereocenters. The van der Waals surface area contributed by atoms with E-state index in [0.717, 1.165) is 22.2 Å². The third-order valence-corrected chi connectivity index (χ3v) is 6.00. The Balaban J connectivity index is 1.62. The maximum absolute atomic E-state index is 13.8. The van der Waals surface area contributed by atoms with Gasteiger partial charge in [-0.05, 0) is 43.7 Å². The van der Waals surface area contributed by atoms with E-state index in [1.54, 1.807) is 23.6 Å². The number of rotatable bonds is 5. The average Bonchev–Trinajstić information content (AvgIpc) is 3.01. The zero-order chi connectivity index (χ0) is 22.0. The van der Waals surface area contributed by atoms with E-state index in [1.165, 1.54) is 30.2 Å². The van der Waals surface area contributed by atoms with Crippen molar-refractivity contribution in [2.24, 2.45) is 0 Å². The van der Waals surface area contributed by atoms with Gasteiger partial charge in [-0.2, -0.15) is 5.26 Å². The Labute approximate surface area is 182 Å². The largest absolute Gasteiger partial charge is 0.310 e. The molecule has 4 aromatic rings. The first kappa shape index (κ1) is 20.6. The second-order valence-electron chi connectivity index (χ2n) is 6.89. The van der Waals surface area contributed by atoms with Gasteiger partial charge in [0.25, 0.3) is 0 Å². The molecule has 154 valence electrons. The Kier molecular flexibility index (Phi) is 5.69. The fraction of sp³-hybridized carbons (Fsp3) is 0.130. The molecule has 0 radical (unpaired) electrons. The van der Waals surface area contributed by atoms with Gasteiger partial charge in [-0.1, -0.05) is 36.0 Å². The molecule has 0 aliphatic heterocycles. The molecule has 0 aliphatic rings. The monoisotopic (exact) mass is 431 g/mol. The molecule has 0 saturated heterocycles. The van der Waals surface area contributed by atoms with Crippen LogP contribution in [0, 0.1) is 31.0 Å². The normalized spacial score (nSPS) is 10.8. The van der Waals surface area contributed by atoms with Crippen molar-refractivity contribution in [1.82, 2.24) is 14.5 Å². The molecule has 6 nitrogen and oxygen atoms in total. The van der Waals surface area contributed by atoms with Gasteiger partial charge in [0.05, 0.1) is 22.5 Å². The van der Waals surface area contributed by atoms with Crippen LogP contribution in [-0.2, 0) is 4.79 Å². The highest BCUT2D eigenvalue weighted by molar-refractivity contribution is 8.00. The standard InChI is InChI=1S/C23H18FN5OS/c1-14-15(2)29(17-7-5-6-16(24)10-17)22(19(14)11-25)28-21(30)12-31-23-18-8-3-4-9-20(18)26-13-27-23/h3-10,13H,12H2,1-2H3,(H,28,30). The predicted molar refractivity (Wildman–Crippen MR) is 119 cm³/mol.